The Morgan fingerprint density at radius 3 is 2.36 bits per heavy atom. The third kappa shape index (κ3) is 3.88. The maximum atomic E-state index is 12.5. The molecule has 2 aromatic rings. The minimum Gasteiger partial charge on any atom is -0.478 e. The number of carboxylic acids is 1. The Hall–Kier alpha value is -2.66. The standard InChI is InChI=1S/C20H21NO4/c22-18(15-5-4-6-16(13-15)19(23)24)21-14-20(9-11-25-12-10-20)17-7-2-1-3-8-17/h1-8,13H,9-12,14H2,(H,21,22)(H,23,24). The van der Waals surface area contributed by atoms with Crippen LogP contribution in [0.5, 0.6) is 0 Å². The van der Waals surface area contributed by atoms with Crippen LogP contribution < -0.4 is 5.32 Å². The van der Waals surface area contributed by atoms with Gasteiger partial charge in [0.2, 0.25) is 0 Å². The summed E-state index contributed by atoms with van der Waals surface area (Å²) in [4.78, 5) is 23.6. The van der Waals surface area contributed by atoms with Crippen LogP contribution >= 0.6 is 0 Å². The monoisotopic (exact) mass is 339 g/mol. The van der Waals surface area contributed by atoms with Crippen LogP contribution in [0.15, 0.2) is 54.6 Å². The number of nitrogens with one attached hydrogen (secondary N) is 1. The van der Waals surface area contributed by atoms with Crippen molar-refractivity contribution in [2.45, 2.75) is 18.3 Å². The lowest BCUT2D eigenvalue weighted by Crippen LogP contribution is -2.44. The molecule has 5 nitrogen and oxygen atoms in total. The van der Waals surface area contributed by atoms with Crippen molar-refractivity contribution in [2.24, 2.45) is 0 Å². The zero-order chi connectivity index (χ0) is 17.7. The molecule has 1 aliphatic heterocycles. The summed E-state index contributed by atoms with van der Waals surface area (Å²) in [5.41, 5.74) is 1.50. The number of amides is 1. The minimum atomic E-state index is -1.04. The van der Waals surface area contributed by atoms with Crippen LogP contribution in [-0.2, 0) is 10.2 Å². The SMILES string of the molecule is O=C(O)c1cccc(C(=O)NCC2(c3ccccc3)CCOCC2)c1. The van der Waals surface area contributed by atoms with Crippen molar-refractivity contribution in [3.8, 4) is 0 Å². The van der Waals surface area contributed by atoms with E-state index in [-0.39, 0.29) is 16.9 Å². The Morgan fingerprint density at radius 2 is 1.68 bits per heavy atom. The molecule has 130 valence electrons. The van der Waals surface area contributed by atoms with E-state index in [1.165, 1.54) is 17.7 Å². The number of carboxylic acid groups (broad SMARTS) is 1. The van der Waals surface area contributed by atoms with Gasteiger partial charge in [-0.3, -0.25) is 4.79 Å². The molecule has 0 saturated carbocycles. The molecule has 1 fully saturated rings. The van der Waals surface area contributed by atoms with Crippen molar-refractivity contribution in [1.82, 2.24) is 5.32 Å². The summed E-state index contributed by atoms with van der Waals surface area (Å²) in [6, 6.07) is 16.2. The number of ether oxygens (including phenoxy) is 1. The van der Waals surface area contributed by atoms with Gasteiger partial charge in [-0.05, 0) is 36.6 Å². The van der Waals surface area contributed by atoms with Crippen molar-refractivity contribution >= 4 is 11.9 Å². The number of hydrogen-bond donors (Lipinski definition) is 2. The minimum absolute atomic E-state index is 0.108. The lowest BCUT2D eigenvalue weighted by atomic mass is 9.74. The number of carbonyl (C=O) groups is 2. The predicted molar refractivity (Wildman–Crippen MR) is 93.9 cm³/mol. The van der Waals surface area contributed by atoms with Gasteiger partial charge in [0.05, 0.1) is 5.56 Å². The van der Waals surface area contributed by atoms with Gasteiger partial charge in [0.15, 0.2) is 0 Å². The maximum Gasteiger partial charge on any atom is 0.335 e. The molecule has 2 N–H and O–H groups in total. The van der Waals surface area contributed by atoms with E-state index in [4.69, 9.17) is 9.84 Å². The van der Waals surface area contributed by atoms with Crippen molar-refractivity contribution < 1.29 is 19.4 Å². The fourth-order valence-corrected chi connectivity index (χ4v) is 3.27. The molecule has 0 aliphatic carbocycles. The molecule has 0 atom stereocenters. The summed E-state index contributed by atoms with van der Waals surface area (Å²) in [7, 11) is 0. The highest BCUT2D eigenvalue weighted by atomic mass is 16.5. The summed E-state index contributed by atoms with van der Waals surface area (Å²) in [6.45, 7) is 1.83. The van der Waals surface area contributed by atoms with E-state index < -0.39 is 5.97 Å². The van der Waals surface area contributed by atoms with Crippen LogP contribution in [0.25, 0.3) is 0 Å². The van der Waals surface area contributed by atoms with E-state index in [2.05, 4.69) is 17.4 Å². The first-order chi connectivity index (χ1) is 12.1. The number of aromatic carboxylic acids is 1. The first-order valence-electron chi connectivity index (χ1n) is 8.36. The van der Waals surface area contributed by atoms with Gasteiger partial charge in [-0.2, -0.15) is 0 Å². The third-order valence-corrected chi connectivity index (χ3v) is 4.80. The van der Waals surface area contributed by atoms with E-state index in [1.54, 1.807) is 12.1 Å². The summed E-state index contributed by atoms with van der Waals surface area (Å²) in [6.07, 6.45) is 1.68. The van der Waals surface area contributed by atoms with Crippen molar-refractivity contribution in [3.05, 3.63) is 71.3 Å². The fraction of sp³-hybridized carbons (Fsp3) is 0.300. The highest BCUT2D eigenvalue weighted by Crippen LogP contribution is 2.34. The molecule has 2 aromatic carbocycles. The first-order valence-corrected chi connectivity index (χ1v) is 8.36. The van der Waals surface area contributed by atoms with Gasteiger partial charge in [-0.25, -0.2) is 4.79 Å². The fourth-order valence-electron chi connectivity index (χ4n) is 3.27. The molecule has 5 heteroatoms. The second kappa shape index (κ2) is 7.49. The zero-order valence-electron chi connectivity index (χ0n) is 13.9. The summed E-state index contributed by atoms with van der Waals surface area (Å²) in [5, 5.41) is 12.1. The zero-order valence-corrected chi connectivity index (χ0v) is 13.9. The second-order valence-electron chi connectivity index (χ2n) is 6.33. The molecule has 1 heterocycles. The van der Waals surface area contributed by atoms with Crippen LogP contribution in [0.2, 0.25) is 0 Å². The Labute approximate surface area is 146 Å². The molecule has 1 amide bonds. The van der Waals surface area contributed by atoms with Gasteiger partial charge in [-0.15, -0.1) is 0 Å². The first kappa shape index (κ1) is 17.2. The van der Waals surface area contributed by atoms with Crippen molar-refractivity contribution in [1.29, 1.82) is 0 Å². The summed E-state index contributed by atoms with van der Waals surface area (Å²) < 4.78 is 5.50. The van der Waals surface area contributed by atoms with Crippen LogP contribution in [-0.4, -0.2) is 36.7 Å². The van der Waals surface area contributed by atoms with Gasteiger partial charge >= 0.3 is 5.97 Å². The Morgan fingerprint density at radius 1 is 1.00 bits per heavy atom. The average Bonchev–Trinajstić information content (AvgIpc) is 2.67. The van der Waals surface area contributed by atoms with Gasteiger partial charge in [-0.1, -0.05) is 36.4 Å². The number of benzene rings is 2. The molecule has 0 aromatic heterocycles. The van der Waals surface area contributed by atoms with Crippen LogP contribution in [0.4, 0.5) is 0 Å². The molecule has 0 radical (unpaired) electrons. The molecule has 25 heavy (non-hydrogen) atoms. The smallest absolute Gasteiger partial charge is 0.335 e. The molecule has 1 aliphatic rings. The Bertz CT molecular complexity index is 751. The van der Waals surface area contributed by atoms with Gasteiger partial charge in [0, 0.05) is 30.7 Å². The van der Waals surface area contributed by atoms with Crippen LogP contribution in [0.3, 0.4) is 0 Å². The van der Waals surface area contributed by atoms with Crippen molar-refractivity contribution in [2.75, 3.05) is 19.8 Å². The van der Waals surface area contributed by atoms with E-state index >= 15 is 0 Å². The third-order valence-electron chi connectivity index (χ3n) is 4.80. The molecule has 1 saturated heterocycles. The largest absolute Gasteiger partial charge is 0.478 e. The molecule has 0 spiro atoms. The van der Waals surface area contributed by atoms with Crippen LogP contribution in [0.1, 0.15) is 39.1 Å². The summed E-state index contributed by atoms with van der Waals surface area (Å²) >= 11 is 0. The predicted octanol–water partition coefficient (Wildman–Crippen LogP) is 2.86. The number of hydrogen-bond acceptors (Lipinski definition) is 3. The molecular formula is C20H21NO4. The van der Waals surface area contributed by atoms with Gasteiger partial charge < -0.3 is 15.2 Å². The number of carbonyl (C=O) groups excluding carboxylic acids is 1. The average molecular weight is 339 g/mol. The lowest BCUT2D eigenvalue weighted by Gasteiger charge is -2.38. The molecule has 3 rings (SSSR count). The normalized spacial score (nSPS) is 16.2. The highest BCUT2D eigenvalue weighted by Gasteiger charge is 2.34. The lowest BCUT2D eigenvalue weighted by molar-refractivity contribution is 0.0487. The molecular weight excluding hydrogens is 318 g/mol. The van der Waals surface area contributed by atoms with E-state index in [0.29, 0.717) is 25.3 Å². The maximum absolute atomic E-state index is 12.5. The molecule has 0 bridgehead atoms. The Balaban J connectivity index is 1.76. The van der Waals surface area contributed by atoms with Gasteiger partial charge in [0.25, 0.3) is 5.91 Å². The Kier molecular flexibility index (Phi) is 5.14. The second-order valence-corrected chi connectivity index (χ2v) is 6.33. The number of rotatable bonds is 5. The van der Waals surface area contributed by atoms with E-state index in [9.17, 15) is 9.59 Å². The molecule has 0 unspecified atom stereocenters. The van der Waals surface area contributed by atoms with E-state index in [0.717, 1.165) is 12.8 Å². The summed E-state index contributed by atoms with van der Waals surface area (Å²) in [5.74, 6) is -1.30. The quantitative estimate of drug-likeness (QED) is 0.878. The highest BCUT2D eigenvalue weighted by molar-refractivity contribution is 5.97. The van der Waals surface area contributed by atoms with E-state index in [1.807, 2.05) is 18.2 Å². The van der Waals surface area contributed by atoms with Gasteiger partial charge in [0.1, 0.15) is 0 Å². The van der Waals surface area contributed by atoms with Crippen LogP contribution in [0, 0.1) is 0 Å². The van der Waals surface area contributed by atoms with Crippen molar-refractivity contribution in [3.63, 3.8) is 0 Å². The topological polar surface area (TPSA) is 75.6 Å².